The number of nitrogens with one attached hydrogen (secondary N) is 1. The maximum Gasteiger partial charge on any atom is 0.241 e. The van der Waals surface area contributed by atoms with Gasteiger partial charge in [0.15, 0.2) is 0 Å². The molecule has 0 aliphatic heterocycles. The van der Waals surface area contributed by atoms with Crippen LogP contribution in [-0.2, 0) is 10.0 Å². The zero-order valence-electron chi connectivity index (χ0n) is 12.5. The Kier molecular flexibility index (Phi) is 4.85. The van der Waals surface area contributed by atoms with Crippen LogP contribution in [0.1, 0.15) is 26.7 Å². The fourth-order valence-electron chi connectivity index (χ4n) is 2.30. The predicted octanol–water partition coefficient (Wildman–Crippen LogP) is 3.14. The Hall–Kier alpha value is -1.59. The molecule has 0 radical (unpaired) electrons. The van der Waals surface area contributed by atoms with Crippen molar-refractivity contribution in [3.63, 3.8) is 0 Å². The summed E-state index contributed by atoms with van der Waals surface area (Å²) in [6.07, 6.45) is 1.85. The van der Waals surface area contributed by atoms with Gasteiger partial charge in [-0.1, -0.05) is 32.0 Å². The summed E-state index contributed by atoms with van der Waals surface area (Å²) in [6, 6.07) is 10.5. The van der Waals surface area contributed by atoms with Crippen LogP contribution in [-0.4, -0.2) is 15.0 Å². The molecule has 4 nitrogen and oxygen atoms in total. The monoisotopic (exact) mass is 306 g/mol. The van der Waals surface area contributed by atoms with Crippen LogP contribution in [0.25, 0.3) is 10.8 Å². The van der Waals surface area contributed by atoms with E-state index in [9.17, 15) is 8.42 Å². The molecule has 21 heavy (non-hydrogen) atoms. The molecular formula is C16H22N2O2S. The molecule has 114 valence electrons. The standard InChI is InChI=1S/C16H22N2O2S/c1-12(2)5-4-10-18-21(19,20)16-7-3-6-13-11-14(17)8-9-15(13)16/h3,6-9,11-12,18H,4-5,10,17H2,1-2H3. The van der Waals surface area contributed by atoms with Crippen LogP contribution in [0.2, 0.25) is 0 Å². The molecule has 0 aromatic heterocycles. The van der Waals surface area contributed by atoms with E-state index in [1.807, 2.05) is 6.07 Å². The minimum Gasteiger partial charge on any atom is -0.399 e. The normalized spacial score (nSPS) is 12.1. The number of benzene rings is 2. The number of nitrogens with two attached hydrogens (primary N) is 1. The lowest BCUT2D eigenvalue weighted by Gasteiger charge is -2.10. The molecule has 0 saturated heterocycles. The van der Waals surface area contributed by atoms with Gasteiger partial charge in [-0.15, -0.1) is 0 Å². The van der Waals surface area contributed by atoms with Crippen molar-refractivity contribution < 1.29 is 8.42 Å². The first-order valence-corrected chi connectivity index (χ1v) is 8.66. The third-order valence-corrected chi connectivity index (χ3v) is 4.92. The maximum absolute atomic E-state index is 12.4. The smallest absolute Gasteiger partial charge is 0.241 e. The Morgan fingerprint density at radius 3 is 2.67 bits per heavy atom. The summed E-state index contributed by atoms with van der Waals surface area (Å²) in [4.78, 5) is 0.310. The van der Waals surface area contributed by atoms with Crippen molar-refractivity contribution in [1.29, 1.82) is 0 Å². The van der Waals surface area contributed by atoms with Crippen molar-refractivity contribution in [2.75, 3.05) is 12.3 Å². The number of nitrogen functional groups attached to an aromatic ring is 1. The van der Waals surface area contributed by atoms with E-state index in [2.05, 4.69) is 18.6 Å². The second kappa shape index (κ2) is 6.45. The van der Waals surface area contributed by atoms with E-state index < -0.39 is 10.0 Å². The van der Waals surface area contributed by atoms with Crippen molar-refractivity contribution in [2.24, 2.45) is 5.92 Å². The quantitative estimate of drug-likeness (QED) is 0.636. The highest BCUT2D eigenvalue weighted by molar-refractivity contribution is 7.89. The SMILES string of the molecule is CC(C)CCCNS(=O)(=O)c1cccc2cc(N)ccc12. The van der Waals surface area contributed by atoms with Crippen LogP contribution >= 0.6 is 0 Å². The maximum atomic E-state index is 12.4. The molecule has 2 aromatic rings. The van der Waals surface area contributed by atoms with Gasteiger partial charge in [-0.25, -0.2) is 13.1 Å². The van der Waals surface area contributed by atoms with E-state index in [0.717, 1.165) is 18.2 Å². The molecule has 0 aliphatic rings. The molecule has 2 aromatic carbocycles. The topological polar surface area (TPSA) is 72.2 Å². The lowest BCUT2D eigenvalue weighted by Crippen LogP contribution is -2.25. The van der Waals surface area contributed by atoms with Crippen LogP contribution in [0.4, 0.5) is 5.69 Å². The Morgan fingerprint density at radius 1 is 1.19 bits per heavy atom. The van der Waals surface area contributed by atoms with E-state index in [1.54, 1.807) is 30.3 Å². The highest BCUT2D eigenvalue weighted by atomic mass is 32.2. The number of fused-ring (bicyclic) bond motifs is 1. The molecule has 0 spiro atoms. The van der Waals surface area contributed by atoms with Gasteiger partial charge in [0.05, 0.1) is 4.90 Å². The van der Waals surface area contributed by atoms with E-state index >= 15 is 0 Å². The second-order valence-corrected chi connectivity index (χ2v) is 7.41. The van der Waals surface area contributed by atoms with Gasteiger partial charge in [0.2, 0.25) is 10.0 Å². The molecule has 0 unspecified atom stereocenters. The molecule has 0 bridgehead atoms. The van der Waals surface area contributed by atoms with Crippen LogP contribution in [0.15, 0.2) is 41.3 Å². The Morgan fingerprint density at radius 2 is 1.95 bits per heavy atom. The van der Waals surface area contributed by atoms with E-state index in [1.165, 1.54) is 0 Å². The van der Waals surface area contributed by atoms with Gasteiger partial charge in [-0.3, -0.25) is 0 Å². The molecule has 0 heterocycles. The highest BCUT2D eigenvalue weighted by Gasteiger charge is 2.16. The molecule has 5 heteroatoms. The molecule has 0 fully saturated rings. The molecule has 0 amide bonds. The fourth-order valence-corrected chi connectivity index (χ4v) is 3.60. The average molecular weight is 306 g/mol. The molecule has 0 atom stereocenters. The largest absolute Gasteiger partial charge is 0.399 e. The van der Waals surface area contributed by atoms with Crippen molar-refractivity contribution >= 4 is 26.5 Å². The number of anilines is 1. The Bertz CT molecular complexity index is 724. The summed E-state index contributed by atoms with van der Waals surface area (Å²) < 4.78 is 27.5. The summed E-state index contributed by atoms with van der Waals surface area (Å²) >= 11 is 0. The molecule has 2 rings (SSSR count). The summed E-state index contributed by atoms with van der Waals surface area (Å²) in [5.74, 6) is 0.579. The highest BCUT2D eigenvalue weighted by Crippen LogP contribution is 2.24. The third-order valence-electron chi connectivity index (χ3n) is 3.40. The van der Waals surface area contributed by atoms with Gasteiger partial charge in [0.25, 0.3) is 0 Å². The Balaban J connectivity index is 2.24. The predicted molar refractivity (Wildman–Crippen MR) is 87.6 cm³/mol. The first kappa shape index (κ1) is 15.8. The van der Waals surface area contributed by atoms with Crippen LogP contribution < -0.4 is 10.5 Å². The number of sulfonamides is 1. The van der Waals surface area contributed by atoms with Crippen LogP contribution in [0, 0.1) is 5.92 Å². The minimum atomic E-state index is -3.49. The van der Waals surface area contributed by atoms with E-state index in [-0.39, 0.29) is 0 Å². The first-order chi connectivity index (χ1) is 9.90. The number of hydrogen-bond donors (Lipinski definition) is 2. The summed E-state index contributed by atoms with van der Waals surface area (Å²) in [6.45, 7) is 4.72. The lowest BCUT2D eigenvalue weighted by atomic mass is 10.1. The Labute approximate surface area is 126 Å². The van der Waals surface area contributed by atoms with Gasteiger partial charge in [0, 0.05) is 17.6 Å². The number of hydrogen-bond acceptors (Lipinski definition) is 3. The van der Waals surface area contributed by atoms with Crippen molar-refractivity contribution in [3.05, 3.63) is 36.4 Å². The van der Waals surface area contributed by atoms with Crippen LogP contribution in [0.5, 0.6) is 0 Å². The van der Waals surface area contributed by atoms with Gasteiger partial charge in [0.1, 0.15) is 0 Å². The first-order valence-electron chi connectivity index (χ1n) is 7.18. The van der Waals surface area contributed by atoms with E-state index in [4.69, 9.17) is 5.73 Å². The molecule has 0 saturated carbocycles. The third kappa shape index (κ3) is 3.95. The summed E-state index contributed by atoms with van der Waals surface area (Å²) in [7, 11) is -3.49. The minimum absolute atomic E-state index is 0.310. The van der Waals surface area contributed by atoms with Crippen LogP contribution in [0.3, 0.4) is 0 Å². The molecular weight excluding hydrogens is 284 g/mol. The second-order valence-electron chi connectivity index (χ2n) is 5.67. The zero-order valence-corrected chi connectivity index (χ0v) is 13.3. The van der Waals surface area contributed by atoms with Crippen molar-refractivity contribution in [1.82, 2.24) is 4.72 Å². The van der Waals surface area contributed by atoms with Crippen molar-refractivity contribution in [2.45, 2.75) is 31.6 Å². The summed E-state index contributed by atoms with van der Waals surface area (Å²) in [5, 5.41) is 1.53. The van der Waals surface area contributed by atoms with Gasteiger partial charge in [-0.05, 0) is 42.3 Å². The van der Waals surface area contributed by atoms with Gasteiger partial charge in [-0.2, -0.15) is 0 Å². The number of rotatable bonds is 6. The van der Waals surface area contributed by atoms with Gasteiger partial charge >= 0.3 is 0 Å². The van der Waals surface area contributed by atoms with E-state index in [0.29, 0.717) is 28.4 Å². The molecule has 3 N–H and O–H groups in total. The van der Waals surface area contributed by atoms with Crippen molar-refractivity contribution in [3.8, 4) is 0 Å². The lowest BCUT2D eigenvalue weighted by molar-refractivity contribution is 0.540. The summed E-state index contributed by atoms with van der Waals surface area (Å²) in [5.41, 5.74) is 6.37. The average Bonchev–Trinajstić information content (AvgIpc) is 2.42. The van der Waals surface area contributed by atoms with Gasteiger partial charge < -0.3 is 5.73 Å². The fraction of sp³-hybridized carbons (Fsp3) is 0.375. The zero-order chi connectivity index (χ0) is 15.5. The molecule has 0 aliphatic carbocycles.